The number of phenols is 1. The number of rotatable bonds is 5. The smallest absolute Gasteiger partial charge is 0.250 e. The van der Waals surface area contributed by atoms with Gasteiger partial charge in [0.15, 0.2) is 0 Å². The van der Waals surface area contributed by atoms with E-state index in [1.54, 1.807) is 12.1 Å². The molecule has 2 rings (SSSR count). The number of hydrogen-bond donors (Lipinski definition) is 2. The summed E-state index contributed by atoms with van der Waals surface area (Å²) >= 11 is 0. The van der Waals surface area contributed by atoms with Crippen molar-refractivity contribution in [3.05, 3.63) is 59.7 Å². The first-order chi connectivity index (χ1) is 9.65. The Bertz CT molecular complexity index is 582. The monoisotopic (exact) mass is 271 g/mol. The summed E-state index contributed by atoms with van der Waals surface area (Å²) in [6, 6.07) is 14.7. The van der Waals surface area contributed by atoms with Gasteiger partial charge in [0.1, 0.15) is 12.4 Å². The van der Waals surface area contributed by atoms with Gasteiger partial charge in [0.05, 0.1) is 12.3 Å². The van der Waals surface area contributed by atoms with Gasteiger partial charge in [-0.15, -0.1) is 0 Å². The van der Waals surface area contributed by atoms with Crippen molar-refractivity contribution in [3.8, 4) is 5.75 Å². The predicted molar refractivity (Wildman–Crippen MR) is 77.6 cm³/mol. The van der Waals surface area contributed by atoms with E-state index in [2.05, 4.69) is 5.32 Å². The molecule has 0 aliphatic rings. The third-order valence-corrected chi connectivity index (χ3v) is 2.77. The Morgan fingerprint density at radius 1 is 1.20 bits per heavy atom. The first kappa shape index (κ1) is 14.1. The number of benzene rings is 2. The first-order valence-electron chi connectivity index (χ1n) is 6.36. The molecule has 0 aromatic heterocycles. The molecule has 0 spiro atoms. The van der Waals surface area contributed by atoms with E-state index in [0.29, 0.717) is 12.3 Å². The molecular formula is C16H17NO3. The van der Waals surface area contributed by atoms with Crippen molar-refractivity contribution in [1.29, 1.82) is 0 Å². The Labute approximate surface area is 118 Å². The molecule has 0 aliphatic carbocycles. The lowest BCUT2D eigenvalue weighted by Crippen LogP contribution is -2.18. The van der Waals surface area contributed by atoms with E-state index in [-0.39, 0.29) is 18.3 Å². The molecule has 1 amide bonds. The van der Waals surface area contributed by atoms with Gasteiger partial charge in [-0.25, -0.2) is 0 Å². The third kappa shape index (κ3) is 4.10. The highest BCUT2D eigenvalue weighted by Crippen LogP contribution is 2.23. The molecule has 0 atom stereocenters. The summed E-state index contributed by atoms with van der Waals surface area (Å²) < 4.78 is 5.32. The number of ether oxygens (including phenoxy) is 1. The average molecular weight is 271 g/mol. The molecule has 2 aromatic rings. The largest absolute Gasteiger partial charge is 0.506 e. The normalized spacial score (nSPS) is 10.2. The van der Waals surface area contributed by atoms with Crippen molar-refractivity contribution in [3.63, 3.8) is 0 Å². The van der Waals surface area contributed by atoms with Gasteiger partial charge in [0.25, 0.3) is 0 Å². The van der Waals surface area contributed by atoms with Crippen molar-refractivity contribution < 1.29 is 14.6 Å². The van der Waals surface area contributed by atoms with Crippen LogP contribution in [-0.4, -0.2) is 17.6 Å². The maximum absolute atomic E-state index is 11.7. The maximum atomic E-state index is 11.7. The summed E-state index contributed by atoms with van der Waals surface area (Å²) in [6.45, 7) is 2.20. The summed E-state index contributed by atoms with van der Waals surface area (Å²) in [4.78, 5) is 11.7. The molecule has 4 nitrogen and oxygen atoms in total. The molecule has 2 aromatic carbocycles. The van der Waals surface area contributed by atoms with Crippen molar-refractivity contribution in [1.82, 2.24) is 0 Å². The first-order valence-corrected chi connectivity index (χ1v) is 6.36. The number of aryl methyl sites for hydroxylation is 1. The number of carbonyl (C=O) groups is 1. The minimum atomic E-state index is -0.292. The van der Waals surface area contributed by atoms with Crippen molar-refractivity contribution in [2.24, 2.45) is 0 Å². The van der Waals surface area contributed by atoms with Gasteiger partial charge in [-0.3, -0.25) is 4.79 Å². The van der Waals surface area contributed by atoms with E-state index < -0.39 is 0 Å². The van der Waals surface area contributed by atoms with Crippen LogP contribution in [0.4, 0.5) is 5.69 Å². The lowest BCUT2D eigenvalue weighted by molar-refractivity contribution is -0.121. The molecule has 0 radical (unpaired) electrons. The quantitative estimate of drug-likeness (QED) is 0.822. The van der Waals surface area contributed by atoms with Gasteiger partial charge in [-0.05, 0) is 30.2 Å². The van der Waals surface area contributed by atoms with Crippen LogP contribution >= 0.6 is 0 Å². The fourth-order valence-corrected chi connectivity index (χ4v) is 1.77. The fourth-order valence-electron chi connectivity index (χ4n) is 1.77. The minimum Gasteiger partial charge on any atom is -0.506 e. The second-order valence-electron chi connectivity index (χ2n) is 4.55. The third-order valence-electron chi connectivity index (χ3n) is 2.77. The lowest BCUT2D eigenvalue weighted by Gasteiger charge is -2.08. The van der Waals surface area contributed by atoms with Crippen LogP contribution in [0.3, 0.4) is 0 Å². The van der Waals surface area contributed by atoms with Crippen LogP contribution in [0.15, 0.2) is 48.5 Å². The van der Waals surface area contributed by atoms with E-state index in [1.165, 1.54) is 0 Å². The molecule has 20 heavy (non-hydrogen) atoms. The molecule has 0 bridgehead atoms. The second kappa shape index (κ2) is 6.73. The Hall–Kier alpha value is -2.33. The van der Waals surface area contributed by atoms with Gasteiger partial charge < -0.3 is 15.2 Å². The molecule has 0 saturated carbocycles. The van der Waals surface area contributed by atoms with Gasteiger partial charge in [-0.2, -0.15) is 0 Å². The average Bonchev–Trinajstić information content (AvgIpc) is 2.43. The Morgan fingerprint density at radius 3 is 2.65 bits per heavy atom. The molecule has 104 valence electrons. The number of phenolic OH excluding ortho intramolecular Hbond substituents is 1. The van der Waals surface area contributed by atoms with Crippen LogP contribution in [0, 0.1) is 6.92 Å². The SMILES string of the molecule is Cc1ccc(NC(=O)COCc2ccccc2)c(O)c1. The van der Waals surface area contributed by atoms with E-state index in [0.717, 1.165) is 11.1 Å². The van der Waals surface area contributed by atoms with E-state index >= 15 is 0 Å². The Kier molecular flexibility index (Phi) is 4.74. The zero-order valence-corrected chi connectivity index (χ0v) is 11.3. The van der Waals surface area contributed by atoms with Crippen LogP contribution < -0.4 is 5.32 Å². The van der Waals surface area contributed by atoms with E-state index in [4.69, 9.17) is 4.74 Å². The Morgan fingerprint density at radius 2 is 1.95 bits per heavy atom. The molecule has 0 fully saturated rings. The number of hydrogen-bond acceptors (Lipinski definition) is 3. The topological polar surface area (TPSA) is 58.6 Å². The highest BCUT2D eigenvalue weighted by Gasteiger charge is 2.06. The summed E-state index contributed by atoms with van der Waals surface area (Å²) in [7, 11) is 0. The highest BCUT2D eigenvalue weighted by atomic mass is 16.5. The number of nitrogens with one attached hydrogen (secondary N) is 1. The molecule has 2 N–H and O–H groups in total. The van der Waals surface area contributed by atoms with Crippen LogP contribution in [0.5, 0.6) is 5.75 Å². The lowest BCUT2D eigenvalue weighted by atomic mass is 10.2. The van der Waals surface area contributed by atoms with E-state index in [9.17, 15) is 9.90 Å². The summed E-state index contributed by atoms with van der Waals surface area (Å²) in [5.74, 6) is -0.235. The number of carbonyl (C=O) groups excluding carboxylic acids is 1. The fraction of sp³-hybridized carbons (Fsp3) is 0.188. The maximum Gasteiger partial charge on any atom is 0.250 e. The van der Waals surface area contributed by atoms with Crippen LogP contribution in [0.2, 0.25) is 0 Å². The summed E-state index contributed by atoms with van der Waals surface area (Å²) in [5.41, 5.74) is 2.34. The highest BCUT2D eigenvalue weighted by molar-refractivity contribution is 5.93. The minimum absolute atomic E-state index is 0.0534. The molecule has 4 heteroatoms. The van der Waals surface area contributed by atoms with Gasteiger partial charge in [0.2, 0.25) is 5.91 Å². The second-order valence-corrected chi connectivity index (χ2v) is 4.55. The Balaban J connectivity index is 1.81. The van der Waals surface area contributed by atoms with Gasteiger partial charge in [-0.1, -0.05) is 36.4 Å². The molecule has 0 heterocycles. The zero-order valence-electron chi connectivity index (χ0n) is 11.3. The van der Waals surface area contributed by atoms with Crippen LogP contribution in [0.1, 0.15) is 11.1 Å². The molecular weight excluding hydrogens is 254 g/mol. The number of anilines is 1. The summed E-state index contributed by atoms with van der Waals surface area (Å²) in [6.07, 6.45) is 0. The molecule has 0 aliphatic heterocycles. The molecule has 0 saturated heterocycles. The number of aromatic hydroxyl groups is 1. The van der Waals surface area contributed by atoms with Crippen molar-refractivity contribution >= 4 is 11.6 Å². The van der Waals surface area contributed by atoms with Crippen LogP contribution in [0.25, 0.3) is 0 Å². The number of amides is 1. The summed E-state index contributed by atoms with van der Waals surface area (Å²) in [5, 5.41) is 12.3. The standard InChI is InChI=1S/C16H17NO3/c1-12-7-8-14(15(18)9-12)17-16(19)11-20-10-13-5-3-2-4-6-13/h2-9,18H,10-11H2,1H3,(H,17,19). The zero-order chi connectivity index (χ0) is 14.4. The molecule has 0 unspecified atom stereocenters. The van der Waals surface area contributed by atoms with Gasteiger partial charge in [0, 0.05) is 0 Å². The van der Waals surface area contributed by atoms with Gasteiger partial charge >= 0.3 is 0 Å². The predicted octanol–water partition coefficient (Wildman–Crippen LogP) is 2.86. The van der Waals surface area contributed by atoms with Crippen molar-refractivity contribution in [2.45, 2.75) is 13.5 Å². The van der Waals surface area contributed by atoms with Crippen LogP contribution in [-0.2, 0) is 16.1 Å². The van der Waals surface area contributed by atoms with Crippen molar-refractivity contribution in [2.75, 3.05) is 11.9 Å². The van der Waals surface area contributed by atoms with E-state index in [1.807, 2.05) is 43.3 Å².